The molecule has 1 saturated carbocycles. The summed E-state index contributed by atoms with van der Waals surface area (Å²) in [6, 6.07) is 0. The lowest BCUT2D eigenvalue weighted by Gasteiger charge is -2.27. The Hall–Kier alpha value is 0.220. The average Bonchev–Trinajstić information content (AvgIpc) is 1.60. The van der Waals surface area contributed by atoms with Gasteiger partial charge in [-0.3, -0.25) is 0 Å². The van der Waals surface area contributed by atoms with Gasteiger partial charge in [-0.15, -0.1) is 0 Å². The summed E-state index contributed by atoms with van der Waals surface area (Å²) in [5, 5.41) is -1.38. The van der Waals surface area contributed by atoms with Crippen molar-refractivity contribution in [3.63, 3.8) is 0 Å². The van der Waals surface area contributed by atoms with Crippen LogP contribution in [0.2, 0.25) is 0 Å². The minimum Gasteiger partial charge on any atom is -0.226 e. The molecular formula is C7H12ClF. The molecule has 0 heterocycles. The van der Waals surface area contributed by atoms with E-state index in [1.165, 1.54) is 0 Å². The van der Waals surface area contributed by atoms with Crippen molar-refractivity contribution in [1.82, 2.24) is 0 Å². The highest BCUT2D eigenvalue weighted by molar-refractivity contribution is 6.22. The van der Waals surface area contributed by atoms with Crippen LogP contribution < -0.4 is 0 Å². The van der Waals surface area contributed by atoms with E-state index < -0.39 is 5.13 Å². The van der Waals surface area contributed by atoms with Crippen LogP contribution in [0.4, 0.5) is 4.39 Å². The van der Waals surface area contributed by atoms with E-state index in [1.807, 2.05) is 0 Å². The molecule has 1 rings (SSSR count). The Kier molecular flexibility index (Phi) is 2.00. The summed E-state index contributed by atoms with van der Waals surface area (Å²) in [5.41, 5.74) is 0. The van der Waals surface area contributed by atoms with Gasteiger partial charge in [-0.2, -0.15) is 0 Å². The molecule has 0 saturated heterocycles. The zero-order valence-corrected chi connectivity index (χ0v) is 6.42. The summed E-state index contributed by atoms with van der Waals surface area (Å²) in [7, 11) is 0. The second kappa shape index (κ2) is 2.45. The van der Waals surface area contributed by atoms with E-state index in [-0.39, 0.29) is 0 Å². The molecule has 0 aromatic heterocycles. The Labute approximate surface area is 60.4 Å². The fourth-order valence-electron chi connectivity index (χ4n) is 1.42. The van der Waals surface area contributed by atoms with Crippen molar-refractivity contribution in [2.45, 2.75) is 37.7 Å². The first-order valence-corrected chi connectivity index (χ1v) is 3.86. The predicted molar refractivity (Wildman–Crippen MR) is 37.3 cm³/mol. The molecule has 2 heteroatoms. The molecule has 0 nitrogen and oxygen atoms in total. The lowest BCUT2D eigenvalue weighted by Crippen LogP contribution is -2.23. The molecule has 0 spiro atoms. The van der Waals surface area contributed by atoms with Gasteiger partial charge in [0.2, 0.25) is 0 Å². The Morgan fingerprint density at radius 3 is 2.67 bits per heavy atom. The molecule has 1 aliphatic rings. The van der Waals surface area contributed by atoms with Crippen LogP contribution >= 0.6 is 11.6 Å². The zero-order valence-electron chi connectivity index (χ0n) is 5.66. The van der Waals surface area contributed by atoms with Crippen molar-refractivity contribution in [1.29, 1.82) is 0 Å². The van der Waals surface area contributed by atoms with E-state index in [4.69, 9.17) is 11.6 Å². The SMILES string of the molecule is C[C@@H]1CCC[C@@](F)(Cl)C1. The van der Waals surface area contributed by atoms with Gasteiger partial charge in [0.1, 0.15) is 0 Å². The van der Waals surface area contributed by atoms with Crippen LogP contribution in [0.15, 0.2) is 0 Å². The molecule has 0 aromatic carbocycles. The largest absolute Gasteiger partial charge is 0.226 e. The van der Waals surface area contributed by atoms with Crippen LogP contribution in [0.25, 0.3) is 0 Å². The monoisotopic (exact) mass is 150 g/mol. The van der Waals surface area contributed by atoms with E-state index in [0.717, 1.165) is 12.8 Å². The highest BCUT2D eigenvalue weighted by atomic mass is 35.5. The first kappa shape index (κ1) is 7.33. The zero-order chi connectivity index (χ0) is 6.91. The normalized spacial score (nSPS) is 45.0. The topological polar surface area (TPSA) is 0 Å². The average molecular weight is 151 g/mol. The van der Waals surface area contributed by atoms with Crippen molar-refractivity contribution in [3.8, 4) is 0 Å². The second-order valence-electron chi connectivity index (χ2n) is 3.06. The van der Waals surface area contributed by atoms with E-state index in [1.54, 1.807) is 0 Å². The first-order valence-electron chi connectivity index (χ1n) is 3.48. The number of halogens is 2. The van der Waals surface area contributed by atoms with Crippen molar-refractivity contribution >= 4 is 11.6 Å². The maximum atomic E-state index is 12.9. The van der Waals surface area contributed by atoms with Gasteiger partial charge in [-0.1, -0.05) is 24.9 Å². The van der Waals surface area contributed by atoms with Crippen LogP contribution in [0.1, 0.15) is 32.6 Å². The van der Waals surface area contributed by atoms with Gasteiger partial charge < -0.3 is 0 Å². The molecule has 1 aliphatic carbocycles. The Morgan fingerprint density at radius 1 is 1.67 bits per heavy atom. The van der Waals surface area contributed by atoms with E-state index in [9.17, 15) is 4.39 Å². The van der Waals surface area contributed by atoms with Gasteiger partial charge in [0.25, 0.3) is 0 Å². The fourth-order valence-corrected chi connectivity index (χ4v) is 1.82. The highest BCUT2D eigenvalue weighted by Gasteiger charge is 2.31. The van der Waals surface area contributed by atoms with Gasteiger partial charge >= 0.3 is 0 Å². The minimum atomic E-state index is -1.38. The third-order valence-electron chi connectivity index (χ3n) is 1.89. The number of hydrogen-bond acceptors (Lipinski definition) is 0. The number of rotatable bonds is 0. The third kappa shape index (κ3) is 2.13. The molecule has 2 atom stereocenters. The number of alkyl halides is 2. The predicted octanol–water partition coefficient (Wildman–Crippen LogP) is 3.10. The lowest BCUT2D eigenvalue weighted by atomic mass is 9.89. The molecule has 1 fully saturated rings. The standard InChI is InChI=1S/C7H12ClF/c1-6-3-2-4-7(8,9)5-6/h6H,2-5H2,1H3/t6-,7+/m1/s1. The Bertz CT molecular complexity index is 101. The maximum Gasteiger partial charge on any atom is 0.183 e. The van der Waals surface area contributed by atoms with Crippen LogP contribution in [0, 0.1) is 5.92 Å². The number of hydrogen-bond donors (Lipinski definition) is 0. The van der Waals surface area contributed by atoms with Gasteiger partial charge in [-0.25, -0.2) is 4.39 Å². The van der Waals surface area contributed by atoms with Crippen LogP contribution in [0.5, 0.6) is 0 Å². The summed E-state index contributed by atoms with van der Waals surface area (Å²) in [5.74, 6) is 0.473. The third-order valence-corrected chi connectivity index (χ3v) is 2.23. The van der Waals surface area contributed by atoms with Crippen molar-refractivity contribution in [2.75, 3.05) is 0 Å². The molecule has 0 radical (unpaired) electrons. The van der Waals surface area contributed by atoms with Crippen LogP contribution in [0.3, 0.4) is 0 Å². The van der Waals surface area contributed by atoms with Gasteiger partial charge in [0.05, 0.1) is 0 Å². The summed E-state index contributed by atoms with van der Waals surface area (Å²) in [6.45, 7) is 2.05. The molecule has 0 unspecified atom stereocenters. The van der Waals surface area contributed by atoms with Crippen molar-refractivity contribution in [3.05, 3.63) is 0 Å². The van der Waals surface area contributed by atoms with Gasteiger partial charge in [-0.05, 0) is 25.2 Å². The van der Waals surface area contributed by atoms with Gasteiger partial charge in [0.15, 0.2) is 5.13 Å². The molecule has 0 aromatic rings. The minimum absolute atomic E-state index is 0.473. The first-order chi connectivity index (χ1) is 4.10. The molecule has 0 aliphatic heterocycles. The van der Waals surface area contributed by atoms with Crippen LogP contribution in [-0.2, 0) is 0 Å². The molecule has 0 amide bonds. The molecule has 0 N–H and O–H groups in total. The molecule has 9 heavy (non-hydrogen) atoms. The summed E-state index contributed by atoms with van der Waals surface area (Å²) in [4.78, 5) is 0. The Balaban J connectivity index is 2.41. The summed E-state index contributed by atoms with van der Waals surface area (Å²) >= 11 is 5.50. The Morgan fingerprint density at radius 2 is 2.33 bits per heavy atom. The van der Waals surface area contributed by atoms with Crippen molar-refractivity contribution < 1.29 is 4.39 Å². The van der Waals surface area contributed by atoms with Crippen molar-refractivity contribution in [2.24, 2.45) is 5.92 Å². The van der Waals surface area contributed by atoms with Crippen LogP contribution in [-0.4, -0.2) is 5.13 Å². The highest BCUT2D eigenvalue weighted by Crippen LogP contribution is 2.37. The lowest BCUT2D eigenvalue weighted by molar-refractivity contribution is 0.166. The summed E-state index contributed by atoms with van der Waals surface area (Å²) < 4.78 is 12.9. The smallest absolute Gasteiger partial charge is 0.183 e. The van der Waals surface area contributed by atoms with Gasteiger partial charge in [0, 0.05) is 0 Å². The molecule has 54 valence electrons. The quantitative estimate of drug-likeness (QED) is 0.466. The maximum absolute atomic E-state index is 12.9. The second-order valence-corrected chi connectivity index (χ2v) is 3.73. The fraction of sp³-hybridized carbons (Fsp3) is 1.00. The van der Waals surface area contributed by atoms with E-state index in [0.29, 0.717) is 18.8 Å². The van der Waals surface area contributed by atoms with E-state index in [2.05, 4.69) is 6.92 Å². The van der Waals surface area contributed by atoms with E-state index >= 15 is 0 Å². The molecular weight excluding hydrogens is 139 g/mol. The summed E-state index contributed by atoms with van der Waals surface area (Å²) in [6.07, 6.45) is 3.16. The molecule has 0 bridgehead atoms.